The van der Waals surface area contributed by atoms with Crippen LogP contribution in [0.4, 0.5) is 0 Å². The SMILES string of the molecule is CC1=CC(=Cc2ccccc2)CC(C)C1. The molecule has 0 saturated carbocycles. The van der Waals surface area contributed by atoms with Gasteiger partial charge in [0.2, 0.25) is 0 Å². The molecule has 1 atom stereocenters. The van der Waals surface area contributed by atoms with Gasteiger partial charge >= 0.3 is 0 Å². The van der Waals surface area contributed by atoms with Gasteiger partial charge in [-0.1, -0.05) is 55.0 Å². The predicted octanol–water partition coefficient (Wildman–Crippen LogP) is 4.45. The molecule has 2 rings (SSSR count). The average molecular weight is 198 g/mol. The van der Waals surface area contributed by atoms with E-state index in [0.717, 1.165) is 5.92 Å². The van der Waals surface area contributed by atoms with Crippen LogP contribution in [-0.4, -0.2) is 0 Å². The van der Waals surface area contributed by atoms with Gasteiger partial charge in [-0.2, -0.15) is 0 Å². The summed E-state index contributed by atoms with van der Waals surface area (Å²) in [6.07, 6.45) is 7.12. The van der Waals surface area contributed by atoms with Crippen molar-refractivity contribution >= 4 is 6.08 Å². The van der Waals surface area contributed by atoms with Crippen molar-refractivity contribution in [2.45, 2.75) is 26.7 Å². The van der Waals surface area contributed by atoms with Gasteiger partial charge in [-0.3, -0.25) is 0 Å². The summed E-state index contributed by atoms with van der Waals surface area (Å²) < 4.78 is 0. The van der Waals surface area contributed by atoms with Crippen molar-refractivity contribution in [2.24, 2.45) is 5.92 Å². The first-order valence-electron chi connectivity index (χ1n) is 5.67. The molecule has 0 radical (unpaired) electrons. The molecule has 0 heterocycles. The largest absolute Gasteiger partial charge is 0.0728 e. The van der Waals surface area contributed by atoms with Crippen LogP contribution in [-0.2, 0) is 0 Å². The maximum atomic E-state index is 2.34. The number of hydrogen-bond donors (Lipinski definition) is 0. The zero-order valence-corrected chi connectivity index (χ0v) is 9.53. The standard InChI is InChI=1S/C15H18/c1-12-8-13(2)10-15(9-12)11-14-6-4-3-5-7-14/h3-7,9,11,13H,8,10H2,1-2H3. The smallest absolute Gasteiger partial charge is 0.0250 e. The Labute approximate surface area is 92.3 Å². The van der Waals surface area contributed by atoms with E-state index in [2.05, 4.69) is 56.3 Å². The van der Waals surface area contributed by atoms with E-state index in [0.29, 0.717) is 0 Å². The summed E-state index contributed by atoms with van der Waals surface area (Å²) >= 11 is 0. The maximum absolute atomic E-state index is 2.34. The Hall–Kier alpha value is -1.30. The Bertz CT molecular complexity index is 382. The van der Waals surface area contributed by atoms with Crippen molar-refractivity contribution in [3.8, 4) is 0 Å². The Morgan fingerprint density at radius 2 is 1.87 bits per heavy atom. The molecule has 78 valence electrons. The number of hydrogen-bond acceptors (Lipinski definition) is 0. The zero-order valence-electron chi connectivity index (χ0n) is 9.53. The topological polar surface area (TPSA) is 0 Å². The van der Waals surface area contributed by atoms with E-state index in [9.17, 15) is 0 Å². The van der Waals surface area contributed by atoms with E-state index < -0.39 is 0 Å². The second-order valence-electron chi connectivity index (χ2n) is 4.63. The summed E-state index contributed by atoms with van der Waals surface area (Å²) in [5.74, 6) is 0.796. The lowest BCUT2D eigenvalue weighted by atomic mass is 9.87. The fraction of sp³-hybridized carbons (Fsp3) is 0.333. The van der Waals surface area contributed by atoms with E-state index in [1.165, 1.54) is 29.6 Å². The van der Waals surface area contributed by atoms with Gasteiger partial charge in [-0.15, -0.1) is 0 Å². The molecule has 0 fully saturated rings. The molecule has 1 aliphatic carbocycles. The maximum Gasteiger partial charge on any atom is -0.0250 e. The highest BCUT2D eigenvalue weighted by Crippen LogP contribution is 2.28. The van der Waals surface area contributed by atoms with Gasteiger partial charge in [0.1, 0.15) is 0 Å². The third-order valence-electron chi connectivity index (χ3n) is 2.84. The first-order chi connectivity index (χ1) is 7.24. The summed E-state index contributed by atoms with van der Waals surface area (Å²) in [6, 6.07) is 10.6. The zero-order chi connectivity index (χ0) is 10.7. The molecule has 0 bridgehead atoms. The summed E-state index contributed by atoms with van der Waals surface area (Å²) in [5, 5.41) is 0. The third-order valence-corrected chi connectivity index (χ3v) is 2.84. The molecule has 0 heteroatoms. The lowest BCUT2D eigenvalue weighted by Crippen LogP contribution is -2.02. The second kappa shape index (κ2) is 4.48. The van der Waals surface area contributed by atoms with E-state index in [1.807, 2.05) is 0 Å². The van der Waals surface area contributed by atoms with Crippen LogP contribution >= 0.6 is 0 Å². The minimum atomic E-state index is 0.796. The van der Waals surface area contributed by atoms with Crippen LogP contribution in [0.2, 0.25) is 0 Å². The quantitative estimate of drug-likeness (QED) is 0.625. The van der Waals surface area contributed by atoms with Crippen molar-refractivity contribution in [2.75, 3.05) is 0 Å². The summed E-state index contributed by atoms with van der Waals surface area (Å²) in [7, 11) is 0. The first-order valence-corrected chi connectivity index (χ1v) is 5.67. The van der Waals surface area contributed by atoms with Crippen LogP contribution < -0.4 is 0 Å². The molecule has 1 aromatic rings. The normalized spacial score (nSPS) is 24.0. The Morgan fingerprint density at radius 3 is 2.53 bits per heavy atom. The highest BCUT2D eigenvalue weighted by Gasteiger charge is 2.11. The number of rotatable bonds is 1. The van der Waals surface area contributed by atoms with Gasteiger partial charge in [0.15, 0.2) is 0 Å². The van der Waals surface area contributed by atoms with Crippen LogP contribution in [0.5, 0.6) is 0 Å². The molecule has 1 unspecified atom stereocenters. The predicted molar refractivity (Wildman–Crippen MR) is 66.6 cm³/mol. The molecule has 1 aromatic carbocycles. The van der Waals surface area contributed by atoms with Crippen LogP contribution in [0, 0.1) is 5.92 Å². The average Bonchev–Trinajstić information content (AvgIpc) is 2.17. The van der Waals surface area contributed by atoms with E-state index in [-0.39, 0.29) is 0 Å². The molecular weight excluding hydrogens is 180 g/mol. The molecular formula is C15H18. The Morgan fingerprint density at radius 1 is 1.13 bits per heavy atom. The third kappa shape index (κ3) is 2.82. The van der Waals surface area contributed by atoms with E-state index >= 15 is 0 Å². The molecule has 0 nitrogen and oxygen atoms in total. The summed E-state index contributed by atoms with van der Waals surface area (Å²) in [6.45, 7) is 4.56. The Balaban J connectivity index is 2.24. The van der Waals surface area contributed by atoms with Gasteiger partial charge < -0.3 is 0 Å². The second-order valence-corrected chi connectivity index (χ2v) is 4.63. The molecule has 0 aliphatic heterocycles. The molecule has 15 heavy (non-hydrogen) atoms. The number of allylic oxidation sites excluding steroid dienone is 3. The van der Waals surface area contributed by atoms with Gasteiger partial charge in [-0.05, 0) is 36.8 Å². The lowest BCUT2D eigenvalue weighted by molar-refractivity contribution is 0.561. The number of benzene rings is 1. The fourth-order valence-corrected chi connectivity index (χ4v) is 2.32. The minimum Gasteiger partial charge on any atom is -0.0728 e. The minimum absolute atomic E-state index is 0.796. The molecule has 0 amide bonds. The van der Waals surface area contributed by atoms with Crippen molar-refractivity contribution < 1.29 is 0 Å². The van der Waals surface area contributed by atoms with Crippen LogP contribution in [0.3, 0.4) is 0 Å². The first kappa shape index (κ1) is 10.2. The molecule has 0 N–H and O–H groups in total. The van der Waals surface area contributed by atoms with Crippen LogP contribution in [0.15, 0.2) is 47.6 Å². The van der Waals surface area contributed by atoms with Gasteiger partial charge in [-0.25, -0.2) is 0 Å². The van der Waals surface area contributed by atoms with Crippen molar-refractivity contribution in [1.29, 1.82) is 0 Å². The van der Waals surface area contributed by atoms with E-state index in [4.69, 9.17) is 0 Å². The van der Waals surface area contributed by atoms with Gasteiger partial charge in [0.25, 0.3) is 0 Å². The summed E-state index contributed by atoms with van der Waals surface area (Å²) in [5.41, 5.74) is 4.29. The van der Waals surface area contributed by atoms with Crippen molar-refractivity contribution in [3.63, 3.8) is 0 Å². The lowest BCUT2D eigenvalue weighted by Gasteiger charge is -2.19. The fourth-order valence-electron chi connectivity index (χ4n) is 2.32. The highest BCUT2D eigenvalue weighted by molar-refractivity contribution is 5.56. The summed E-state index contributed by atoms with van der Waals surface area (Å²) in [4.78, 5) is 0. The van der Waals surface area contributed by atoms with Crippen LogP contribution in [0.1, 0.15) is 32.3 Å². The highest BCUT2D eigenvalue weighted by atomic mass is 14.2. The van der Waals surface area contributed by atoms with Crippen LogP contribution in [0.25, 0.3) is 6.08 Å². The van der Waals surface area contributed by atoms with Gasteiger partial charge in [0.05, 0.1) is 0 Å². The van der Waals surface area contributed by atoms with Crippen molar-refractivity contribution in [3.05, 3.63) is 53.1 Å². The molecule has 1 aliphatic rings. The van der Waals surface area contributed by atoms with E-state index in [1.54, 1.807) is 0 Å². The molecule has 0 aromatic heterocycles. The monoisotopic (exact) mass is 198 g/mol. The molecule has 0 spiro atoms. The Kier molecular flexibility index (Phi) is 3.05. The van der Waals surface area contributed by atoms with Crippen molar-refractivity contribution in [1.82, 2.24) is 0 Å². The molecule has 0 saturated heterocycles. The van der Waals surface area contributed by atoms with Gasteiger partial charge in [0, 0.05) is 0 Å².